The third-order valence-corrected chi connectivity index (χ3v) is 5.76. The third kappa shape index (κ3) is 3.53. The number of likely N-dealkylation sites (N-methyl/N-ethyl adjacent to an activating group) is 1. The molecule has 0 aromatic carbocycles. The molecule has 4 nitrogen and oxygen atoms in total. The highest BCUT2D eigenvalue weighted by atomic mass is 16.2. The number of amides is 2. The summed E-state index contributed by atoms with van der Waals surface area (Å²) in [5.41, 5.74) is 6.04. The molecule has 21 heavy (non-hydrogen) atoms. The van der Waals surface area contributed by atoms with Crippen LogP contribution in [0.1, 0.15) is 59.3 Å². The Morgan fingerprint density at radius 1 is 1.14 bits per heavy atom. The molecule has 0 aromatic rings. The van der Waals surface area contributed by atoms with Crippen LogP contribution in [0.5, 0.6) is 0 Å². The quantitative estimate of drug-likeness (QED) is 0.870. The minimum Gasteiger partial charge on any atom is -0.328 e. The van der Waals surface area contributed by atoms with Crippen molar-refractivity contribution in [2.75, 3.05) is 26.2 Å². The number of nitrogens with zero attached hydrogens (tertiary/aromatic N) is 2. The summed E-state index contributed by atoms with van der Waals surface area (Å²) in [6.07, 6.45) is 6.78. The first-order chi connectivity index (χ1) is 10.0. The lowest BCUT2D eigenvalue weighted by molar-refractivity contribution is 0.0502. The van der Waals surface area contributed by atoms with Crippen LogP contribution < -0.4 is 5.73 Å². The maximum absolute atomic E-state index is 13.0. The largest absolute Gasteiger partial charge is 0.328 e. The van der Waals surface area contributed by atoms with Crippen molar-refractivity contribution in [2.45, 2.75) is 64.8 Å². The molecule has 1 heterocycles. The van der Waals surface area contributed by atoms with Crippen LogP contribution in [-0.4, -0.2) is 47.5 Å². The SMILES string of the molecule is CCN(C(=O)N1CCC(C)CC1)C1(CN)CCC(C)CC1. The van der Waals surface area contributed by atoms with Gasteiger partial charge in [-0.2, -0.15) is 0 Å². The van der Waals surface area contributed by atoms with Gasteiger partial charge < -0.3 is 15.5 Å². The fourth-order valence-corrected chi connectivity index (χ4v) is 3.93. The molecule has 1 aliphatic carbocycles. The van der Waals surface area contributed by atoms with Gasteiger partial charge in [0, 0.05) is 26.2 Å². The molecular weight excluding hydrogens is 262 g/mol. The summed E-state index contributed by atoms with van der Waals surface area (Å²) in [6, 6.07) is 0.226. The number of urea groups is 1. The number of hydrogen-bond acceptors (Lipinski definition) is 2. The van der Waals surface area contributed by atoms with E-state index in [0.717, 1.165) is 57.2 Å². The van der Waals surface area contributed by atoms with E-state index in [0.29, 0.717) is 6.54 Å². The molecule has 0 spiro atoms. The van der Waals surface area contributed by atoms with Gasteiger partial charge in [-0.05, 0) is 57.3 Å². The van der Waals surface area contributed by atoms with Crippen molar-refractivity contribution in [3.63, 3.8) is 0 Å². The van der Waals surface area contributed by atoms with Crippen LogP contribution >= 0.6 is 0 Å². The lowest BCUT2D eigenvalue weighted by Crippen LogP contribution is -2.61. The van der Waals surface area contributed by atoms with Gasteiger partial charge in [-0.3, -0.25) is 0 Å². The fourth-order valence-electron chi connectivity index (χ4n) is 3.93. The van der Waals surface area contributed by atoms with Crippen molar-refractivity contribution < 1.29 is 4.79 Å². The molecule has 2 amide bonds. The van der Waals surface area contributed by atoms with Gasteiger partial charge in [-0.1, -0.05) is 13.8 Å². The van der Waals surface area contributed by atoms with Crippen molar-refractivity contribution in [2.24, 2.45) is 17.6 Å². The molecule has 122 valence electrons. The van der Waals surface area contributed by atoms with Gasteiger partial charge in [-0.25, -0.2) is 4.79 Å². The molecule has 4 heteroatoms. The zero-order valence-electron chi connectivity index (χ0n) is 14.1. The normalized spacial score (nSPS) is 31.2. The standard InChI is InChI=1S/C17H33N3O/c1-4-20(16(21)19-11-7-15(3)8-12-19)17(13-18)9-5-14(2)6-10-17/h14-15H,4-13,18H2,1-3H3. The number of piperidine rings is 1. The minimum atomic E-state index is -0.0958. The molecule has 2 aliphatic rings. The summed E-state index contributed by atoms with van der Waals surface area (Å²) in [7, 11) is 0. The van der Waals surface area contributed by atoms with Crippen LogP contribution in [0.15, 0.2) is 0 Å². The molecular formula is C17H33N3O. The molecule has 1 saturated carbocycles. The molecule has 2 N–H and O–H groups in total. The summed E-state index contributed by atoms with van der Waals surface area (Å²) in [6.45, 7) is 9.88. The van der Waals surface area contributed by atoms with E-state index in [9.17, 15) is 4.79 Å². The van der Waals surface area contributed by atoms with E-state index in [-0.39, 0.29) is 11.6 Å². The lowest BCUT2D eigenvalue weighted by Gasteiger charge is -2.48. The van der Waals surface area contributed by atoms with Gasteiger partial charge in [0.2, 0.25) is 0 Å². The van der Waals surface area contributed by atoms with Crippen molar-refractivity contribution >= 4 is 6.03 Å². The van der Waals surface area contributed by atoms with Crippen molar-refractivity contribution in [3.8, 4) is 0 Å². The van der Waals surface area contributed by atoms with E-state index >= 15 is 0 Å². The predicted octanol–water partition coefficient (Wildman–Crippen LogP) is 3.07. The highest BCUT2D eigenvalue weighted by molar-refractivity contribution is 5.75. The van der Waals surface area contributed by atoms with E-state index in [1.54, 1.807) is 0 Å². The Morgan fingerprint density at radius 3 is 2.14 bits per heavy atom. The van der Waals surface area contributed by atoms with E-state index in [2.05, 4.69) is 30.6 Å². The minimum absolute atomic E-state index is 0.0958. The van der Waals surface area contributed by atoms with Gasteiger partial charge in [-0.15, -0.1) is 0 Å². The second-order valence-corrected chi connectivity index (χ2v) is 7.31. The summed E-state index contributed by atoms with van der Waals surface area (Å²) < 4.78 is 0. The first-order valence-electron chi connectivity index (χ1n) is 8.79. The molecule has 2 fully saturated rings. The maximum atomic E-state index is 13.0. The average molecular weight is 295 g/mol. The topological polar surface area (TPSA) is 49.6 Å². The molecule has 1 aliphatic heterocycles. The lowest BCUT2D eigenvalue weighted by atomic mass is 9.76. The highest BCUT2D eigenvalue weighted by Crippen LogP contribution is 2.36. The Balaban J connectivity index is 2.08. The van der Waals surface area contributed by atoms with Crippen LogP contribution in [0.4, 0.5) is 4.79 Å². The summed E-state index contributed by atoms with van der Waals surface area (Å²) in [5.74, 6) is 1.53. The Hall–Kier alpha value is -0.770. The van der Waals surface area contributed by atoms with Gasteiger partial charge in [0.1, 0.15) is 0 Å². The fraction of sp³-hybridized carbons (Fsp3) is 0.941. The van der Waals surface area contributed by atoms with Gasteiger partial charge in [0.15, 0.2) is 0 Å². The number of carbonyl (C=O) groups is 1. The van der Waals surface area contributed by atoms with Gasteiger partial charge in [0.05, 0.1) is 5.54 Å². The summed E-state index contributed by atoms with van der Waals surface area (Å²) in [5, 5.41) is 0. The van der Waals surface area contributed by atoms with Crippen LogP contribution in [0.25, 0.3) is 0 Å². The van der Waals surface area contributed by atoms with Crippen LogP contribution in [0.3, 0.4) is 0 Å². The molecule has 0 bridgehead atoms. The van der Waals surface area contributed by atoms with Crippen molar-refractivity contribution in [1.29, 1.82) is 0 Å². The van der Waals surface area contributed by atoms with E-state index < -0.39 is 0 Å². The Bertz CT molecular complexity index is 342. The van der Waals surface area contributed by atoms with E-state index in [4.69, 9.17) is 5.73 Å². The number of nitrogens with two attached hydrogens (primary N) is 1. The number of likely N-dealkylation sites (tertiary alicyclic amines) is 1. The second kappa shape index (κ2) is 6.99. The first-order valence-corrected chi connectivity index (χ1v) is 8.79. The van der Waals surface area contributed by atoms with E-state index in [1.807, 2.05) is 0 Å². The zero-order chi connectivity index (χ0) is 15.5. The van der Waals surface area contributed by atoms with Crippen LogP contribution in [0.2, 0.25) is 0 Å². The van der Waals surface area contributed by atoms with Crippen molar-refractivity contribution in [1.82, 2.24) is 9.80 Å². The smallest absolute Gasteiger partial charge is 0.320 e. The zero-order valence-corrected chi connectivity index (χ0v) is 14.1. The molecule has 0 aromatic heterocycles. The summed E-state index contributed by atoms with van der Waals surface area (Å²) >= 11 is 0. The number of hydrogen-bond donors (Lipinski definition) is 1. The molecule has 0 radical (unpaired) electrons. The third-order valence-electron chi connectivity index (χ3n) is 5.76. The number of carbonyl (C=O) groups excluding carboxylic acids is 1. The van der Waals surface area contributed by atoms with Crippen LogP contribution in [0, 0.1) is 11.8 Å². The molecule has 0 unspecified atom stereocenters. The summed E-state index contributed by atoms with van der Waals surface area (Å²) in [4.78, 5) is 17.1. The Labute approximate surface area is 130 Å². The number of rotatable bonds is 3. The highest BCUT2D eigenvalue weighted by Gasteiger charge is 2.41. The molecule has 0 atom stereocenters. The van der Waals surface area contributed by atoms with E-state index in [1.165, 1.54) is 12.8 Å². The predicted molar refractivity (Wildman–Crippen MR) is 87.2 cm³/mol. The Kier molecular flexibility index (Phi) is 5.53. The van der Waals surface area contributed by atoms with Crippen molar-refractivity contribution in [3.05, 3.63) is 0 Å². The average Bonchev–Trinajstić information content (AvgIpc) is 2.50. The monoisotopic (exact) mass is 295 g/mol. The first kappa shape index (κ1) is 16.6. The van der Waals surface area contributed by atoms with Gasteiger partial charge in [0.25, 0.3) is 0 Å². The van der Waals surface area contributed by atoms with Gasteiger partial charge >= 0.3 is 6.03 Å². The molecule has 1 saturated heterocycles. The Morgan fingerprint density at radius 2 is 1.67 bits per heavy atom. The van der Waals surface area contributed by atoms with Crippen LogP contribution in [-0.2, 0) is 0 Å². The maximum Gasteiger partial charge on any atom is 0.320 e. The molecule has 2 rings (SSSR count). The second-order valence-electron chi connectivity index (χ2n) is 7.31.